The van der Waals surface area contributed by atoms with Crippen molar-refractivity contribution in [3.05, 3.63) is 113 Å². The number of rotatable bonds is 13. The Morgan fingerprint density at radius 1 is 0.727 bits per heavy atom. The van der Waals surface area contributed by atoms with E-state index in [1.54, 1.807) is 0 Å². The number of carbonyl (C=O) groups excluding carboxylic acids is 1. The van der Waals surface area contributed by atoms with Crippen molar-refractivity contribution in [1.29, 1.82) is 0 Å². The number of ether oxygens (including phenoxy) is 2. The molecule has 1 atom stereocenters. The Labute approximate surface area is 262 Å². The standard InChI is InChI=1S/C39H44N2O3/c1-4-6-8-15-24-41(25-16-9-7-5-2)34-22-17-23-35-37(34)39(31-21-14-13-20-30(31)38(42)44-39)32-27-33(28(3)26-36(32)43-35)40-29-18-11-10-12-19-29/h10-14,17-23,26-27,40H,4-9,15-16,24-25H2,1-3H3. The molecule has 2 heterocycles. The molecule has 1 unspecified atom stereocenters. The van der Waals surface area contributed by atoms with Crippen LogP contribution in [0.15, 0.2) is 84.9 Å². The maximum atomic E-state index is 13.7. The minimum Gasteiger partial charge on any atom is -0.456 e. The molecule has 6 rings (SSSR count). The van der Waals surface area contributed by atoms with Gasteiger partial charge in [0.25, 0.3) is 0 Å². The first-order chi connectivity index (χ1) is 21.6. The number of fused-ring (bicyclic) bond motifs is 6. The lowest BCUT2D eigenvalue weighted by Crippen LogP contribution is -2.37. The molecule has 0 bridgehead atoms. The van der Waals surface area contributed by atoms with E-state index in [9.17, 15) is 4.79 Å². The highest BCUT2D eigenvalue weighted by Gasteiger charge is 2.55. The van der Waals surface area contributed by atoms with Crippen LogP contribution in [0.1, 0.15) is 97.8 Å². The maximum Gasteiger partial charge on any atom is 0.340 e. The predicted molar refractivity (Wildman–Crippen MR) is 180 cm³/mol. The summed E-state index contributed by atoms with van der Waals surface area (Å²) in [6.45, 7) is 8.49. The van der Waals surface area contributed by atoms with Crippen LogP contribution < -0.4 is 15.0 Å². The zero-order valence-electron chi connectivity index (χ0n) is 26.3. The molecule has 0 amide bonds. The average Bonchev–Trinajstić information content (AvgIpc) is 3.33. The number of nitrogens with zero attached hydrogens (tertiary/aromatic N) is 1. The summed E-state index contributed by atoms with van der Waals surface area (Å²) in [4.78, 5) is 16.2. The molecule has 1 spiro atoms. The fourth-order valence-corrected chi connectivity index (χ4v) is 6.74. The van der Waals surface area contributed by atoms with Gasteiger partial charge in [-0.3, -0.25) is 0 Å². The van der Waals surface area contributed by atoms with Crippen molar-refractivity contribution in [2.75, 3.05) is 23.3 Å². The van der Waals surface area contributed by atoms with Gasteiger partial charge in [-0.15, -0.1) is 0 Å². The fourth-order valence-electron chi connectivity index (χ4n) is 6.74. The Balaban J connectivity index is 1.52. The van der Waals surface area contributed by atoms with E-state index in [0.29, 0.717) is 11.3 Å². The average molecular weight is 589 g/mol. The van der Waals surface area contributed by atoms with E-state index in [4.69, 9.17) is 9.47 Å². The molecule has 0 aromatic heterocycles. The number of hydrogen-bond donors (Lipinski definition) is 1. The molecule has 0 aliphatic carbocycles. The fraction of sp³-hybridized carbons (Fsp3) is 0.359. The molecule has 4 aromatic carbocycles. The number of esters is 1. The smallest absolute Gasteiger partial charge is 0.340 e. The van der Waals surface area contributed by atoms with Gasteiger partial charge in [-0.2, -0.15) is 0 Å². The van der Waals surface area contributed by atoms with Crippen LogP contribution in [0.3, 0.4) is 0 Å². The van der Waals surface area contributed by atoms with E-state index >= 15 is 0 Å². The summed E-state index contributed by atoms with van der Waals surface area (Å²) in [6.07, 6.45) is 9.52. The number of carbonyl (C=O) groups is 1. The molecule has 228 valence electrons. The minimum atomic E-state index is -1.13. The van der Waals surface area contributed by atoms with Gasteiger partial charge in [-0.05, 0) is 67.8 Å². The highest BCUT2D eigenvalue weighted by atomic mass is 16.6. The first-order valence-corrected chi connectivity index (χ1v) is 16.4. The number of unbranched alkanes of at least 4 members (excludes halogenated alkanes) is 6. The molecule has 1 N–H and O–H groups in total. The van der Waals surface area contributed by atoms with Crippen molar-refractivity contribution in [2.45, 2.75) is 77.7 Å². The van der Waals surface area contributed by atoms with Crippen molar-refractivity contribution >= 4 is 23.0 Å². The van der Waals surface area contributed by atoms with E-state index in [2.05, 4.69) is 67.4 Å². The second-order valence-electron chi connectivity index (χ2n) is 12.1. The first-order valence-electron chi connectivity index (χ1n) is 16.4. The first kappa shape index (κ1) is 29.8. The summed E-state index contributed by atoms with van der Waals surface area (Å²) < 4.78 is 13.4. The molecule has 0 saturated heterocycles. The lowest BCUT2D eigenvalue weighted by Gasteiger charge is -2.40. The number of benzene rings is 4. The third-order valence-electron chi connectivity index (χ3n) is 9.01. The lowest BCUT2D eigenvalue weighted by atomic mass is 9.76. The molecule has 4 aromatic rings. The molecule has 5 heteroatoms. The Morgan fingerprint density at radius 3 is 2.16 bits per heavy atom. The van der Waals surface area contributed by atoms with Gasteiger partial charge in [0.15, 0.2) is 5.60 Å². The summed E-state index contributed by atoms with van der Waals surface area (Å²) in [7, 11) is 0. The van der Waals surface area contributed by atoms with Crippen molar-refractivity contribution in [1.82, 2.24) is 0 Å². The third kappa shape index (κ3) is 5.56. The zero-order valence-corrected chi connectivity index (χ0v) is 26.3. The Kier molecular flexibility index (Phi) is 8.92. The SMILES string of the molecule is CCCCCCN(CCCCCC)c1cccc2c1C1(OC(=O)c3ccccc31)c1cc(Nc3ccccc3)c(C)cc1O2. The highest BCUT2D eigenvalue weighted by Crippen LogP contribution is 2.59. The van der Waals surface area contributed by atoms with Crippen molar-refractivity contribution in [3.8, 4) is 11.5 Å². The zero-order chi connectivity index (χ0) is 30.5. The number of hydrogen-bond acceptors (Lipinski definition) is 5. The topological polar surface area (TPSA) is 50.8 Å². The number of anilines is 3. The van der Waals surface area contributed by atoms with Gasteiger partial charge >= 0.3 is 5.97 Å². The molecule has 44 heavy (non-hydrogen) atoms. The largest absolute Gasteiger partial charge is 0.456 e. The second-order valence-corrected chi connectivity index (χ2v) is 12.1. The van der Waals surface area contributed by atoms with E-state index in [1.165, 1.54) is 38.5 Å². The molecule has 5 nitrogen and oxygen atoms in total. The molecule has 2 aliphatic rings. The van der Waals surface area contributed by atoms with Gasteiger partial charge in [0, 0.05) is 41.3 Å². The Morgan fingerprint density at radius 2 is 1.43 bits per heavy atom. The second kappa shape index (κ2) is 13.2. The summed E-state index contributed by atoms with van der Waals surface area (Å²) >= 11 is 0. The van der Waals surface area contributed by atoms with E-state index < -0.39 is 5.60 Å². The van der Waals surface area contributed by atoms with Crippen LogP contribution in [0, 0.1) is 6.92 Å². The van der Waals surface area contributed by atoms with Crippen LogP contribution >= 0.6 is 0 Å². The Bertz CT molecular complexity index is 1600. The van der Waals surface area contributed by atoms with Gasteiger partial charge < -0.3 is 19.7 Å². The predicted octanol–water partition coefficient (Wildman–Crippen LogP) is 10.3. The number of nitrogens with one attached hydrogen (secondary N) is 1. The molecular weight excluding hydrogens is 544 g/mol. The van der Waals surface area contributed by atoms with Gasteiger partial charge in [0.1, 0.15) is 11.5 Å². The molecular formula is C39H44N2O3. The van der Waals surface area contributed by atoms with Crippen molar-refractivity contribution < 1.29 is 14.3 Å². The molecule has 2 aliphatic heterocycles. The maximum absolute atomic E-state index is 13.7. The van der Waals surface area contributed by atoms with Crippen LogP contribution in [0.25, 0.3) is 0 Å². The van der Waals surface area contributed by atoms with Gasteiger partial charge in [-0.1, -0.05) is 94.8 Å². The van der Waals surface area contributed by atoms with Crippen LogP contribution in [0.5, 0.6) is 11.5 Å². The third-order valence-corrected chi connectivity index (χ3v) is 9.01. The molecule has 0 radical (unpaired) electrons. The normalized spacial score (nSPS) is 16.1. The molecule has 0 fully saturated rings. The van der Waals surface area contributed by atoms with Gasteiger partial charge in [0.05, 0.1) is 11.1 Å². The van der Waals surface area contributed by atoms with Crippen LogP contribution in [0.2, 0.25) is 0 Å². The lowest BCUT2D eigenvalue weighted by molar-refractivity contribution is 0.0226. The summed E-state index contributed by atoms with van der Waals surface area (Å²) in [5.41, 5.74) is 6.21. The summed E-state index contributed by atoms with van der Waals surface area (Å²) in [6, 6.07) is 28.5. The Hall–Kier alpha value is -4.25. The van der Waals surface area contributed by atoms with Crippen LogP contribution in [-0.4, -0.2) is 19.1 Å². The summed E-state index contributed by atoms with van der Waals surface area (Å²) in [5, 5.41) is 3.60. The summed E-state index contributed by atoms with van der Waals surface area (Å²) in [5.74, 6) is 1.16. The number of para-hydroxylation sites is 1. The van der Waals surface area contributed by atoms with Crippen LogP contribution in [-0.2, 0) is 10.3 Å². The number of aryl methyl sites for hydroxylation is 1. The van der Waals surface area contributed by atoms with E-state index in [-0.39, 0.29) is 5.97 Å². The van der Waals surface area contributed by atoms with Gasteiger partial charge in [-0.25, -0.2) is 4.79 Å². The minimum absolute atomic E-state index is 0.301. The van der Waals surface area contributed by atoms with E-state index in [0.717, 1.165) is 71.0 Å². The monoisotopic (exact) mass is 588 g/mol. The van der Waals surface area contributed by atoms with Crippen molar-refractivity contribution in [2.24, 2.45) is 0 Å². The van der Waals surface area contributed by atoms with Gasteiger partial charge in [0.2, 0.25) is 0 Å². The van der Waals surface area contributed by atoms with E-state index in [1.807, 2.05) is 48.5 Å². The van der Waals surface area contributed by atoms with Crippen LogP contribution in [0.4, 0.5) is 17.1 Å². The highest BCUT2D eigenvalue weighted by molar-refractivity contribution is 5.98. The molecule has 0 saturated carbocycles. The quantitative estimate of drug-likeness (QED) is 0.124. The van der Waals surface area contributed by atoms with Crippen molar-refractivity contribution in [3.63, 3.8) is 0 Å².